The zero-order valence-corrected chi connectivity index (χ0v) is 15.0. The molecule has 0 radical (unpaired) electrons. The fourth-order valence-corrected chi connectivity index (χ4v) is 3.69. The van der Waals surface area contributed by atoms with E-state index in [1.165, 1.54) is 24.8 Å². The van der Waals surface area contributed by atoms with E-state index in [9.17, 15) is 0 Å². The van der Waals surface area contributed by atoms with E-state index in [-0.39, 0.29) is 5.41 Å². The lowest BCUT2D eigenvalue weighted by atomic mass is 9.72. The molecule has 1 aromatic rings. The monoisotopic (exact) mass is 303 g/mol. The zero-order chi connectivity index (χ0) is 16.2. The molecule has 0 unspecified atom stereocenters. The second-order valence-electron chi connectivity index (χ2n) is 8.65. The van der Waals surface area contributed by atoms with Crippen LogP contribution in [0.25, 0.3) is 0 Å². The van der Waals surface area contributed by atoms with Gasteiger partial charge < -0.3 is 10.1 Å². The Hall–Kier alpha value is -1.02. The van der Waals surface area contributed by atoms with Crippen LogP contribution in [-0.4, -0.2) is 19.7 Å². The summed E-state index contributed by atoms with van der Waals surface area (Å²) in [5, 5.41) is 3.40. The van der Waals surface area contributed by atoms with Gasteiger partial charge in [0.15, 0.2) is 0 Å². The third kappa shape index (κ3) is 5.31. The first-order valence-electron chi connectivity index (χ1n) is 8.70. The zero-order valence-electron chi connectivity index (χ0n) is 15.0. The molecule has 0 aromatic heterocycles. The summed E-state index contributed by atoms with van der Waals surface area (Å²) in [7, 11) is 0. The molecule has 0 bridgehead atoms. The third-order valence-electron chi connectivity index (χ3n) is 4.55. The number of ether oxygens (including phenoxy) is 1. The smallest absolute Gasteiger partial charge is 0.119 e. The number of hydrogen-bond donors (Lipinski definition) is 1. The van der Waals surface area contributed by atoms with Crippen molar-refractivity contribution in [2.75, 3.05) is 19.7 Å². The molecule has 2 rings (SSSR count). The minimum absolute atomic E-state index is 0.200. The molecule has 1 fully saturated rings. The molecular weight excluding hydrogens is 270 g/mol. The van der Waals surface area contributed by atoms with E-state index in [4.69, 9.17) is 4.74 Å². The Balaban J connectivity index is 1.91. The van der Waals surface area contributed by atoms with Crippen molar-refractivity contribution in [1.82, 2.24) is 5.32 Å². The van der Waals surface area contributed by atoms with Gasteiger partial charge in [-0.25, -0.2) is 0 Å². The minimum atomic E-state index is 0.200. The molecule has 124 valence electrons. The minimum Gasteiger partial charge on any atom is -0.493 e. The van der Waals surface area contributed by atoms with Gasteiger partial charge in [0.25, 0.3) is 0 Å². The highest BCUT2D eigenvalue weighted by Crippen LogP contribution is 2.36. The second kappa shape index (κ2) is 7.04. The summed E-state index contributed by atoms with van der Waals surface area (Å²) in [5.74, 6) is 1.71. The van der Waals surface area contributed by atoms with Crippen LogP contribution < -0.4 is 10.1 Å². The van der Waals surface area contributed by atoms with Crippen molar-refractivity contribution in [3.05, 3.63) is 29.8 Å². The maximum absolute atomic E-state index is 5.99. The first kappa shape index (κ1) is 17.3. The molecule has 1 aliphatic heterocycles. The van der Waals surface area contributed by atoms with Crippen LogP contribution in [-0.2, 0) is 5.41 Å². The standard InChI is InChI=1S/C20H33NO/c1-19(2,3)15-20(4,5)17-6-8-18(9-7-17)22-14-16-10-12-21-13-11-16/h6-9,16,21H,10-15H2,1-5H3. The van der Waals surface area contributed by atoms with E-state index in [0.29, 0.717) is 11.3 Å². The Bertz CT molecular complexity index is 450. The molecule has 1 heterocycles. The van der Waals surface area contributed by atoms with Crippen molar-refractivity contribution in [1.29, 1.82) is 0 Å². The third-order valence-corrected chi connectivity index (χ3v) is 4.55. The first-order valence-corrected chi connectivity index (χ1v) is 8.70. The summed E-state index contributed by atoms with van der Waals surface area (Å²) in [6, 6.07) is 8.76. The van der Waals surface area contributed by atoms with Crippen LogP contribution in [0.3, 0.4) is 0 Å². The molecular formula is C20H33NO. The molecule has 2 heteroatoms. The van der Waals surface area contributed by atoms with Gasteiger partial charge in [-0.3, -0.25) is 0 Å². The number of nitrogens with one attached hydrogen (secondary N) is 1. The van der Waals surface area contributed by atoms with Crippen LogP contribution in [0.15, 0.2) is 24.3 Å². The summed E-state index contributed by atoms with van der Waals surface area (Å²) in [6.45, 7) is 14.7. The summed E-state index contributed by atoms with van der Waals surface area (Å²) >= 11 is 0. The maximum Gasteiger partial charge on any atom is 0.119 e. The van der Waals surface area contributed by atoms with E-state index in [0.717, 1.165) is 25.4 Å². The summed E-state index contributed by atoms with van der Waals surface area (Å²) in [5.41, 5.74) is 1.94. The molecule has 2 nitrogen and oxygen atoms in total. The molecule has 0 aliphatic carbocycles. The lowest BCUT2D eigenvalue weighted by Crippen LogP contribution is -2.30. The molecule has 1 aromatic carbocycles. The molecule has 0 amide bonds. The van der Waals surface area contributed by atoms with E-state index >= 15 is 0 Å². The van der Waals surface area contributed by atoms with Crippen molar-refractivity contribution in [3.63, 3.8) is 0 Å². The highest BCUT2D eigenvalue weighted by molar-refractivity contribution is 5.31. The SMILES string of the molecule is CC(C)(C)CC(C)(C)c1ccc(OCC2CCNCC2)cc1. The molecule has 0 atom stereocenters. The average Bonchev–Trinajstić information content (AvgIpc) is 2.44. The van der Waals surface area contributed by atoms with Gasteiger partial charge in [0.1, 0.15) is 5.75 Å². The lowest BCUT2D eigenvalue weighted by molar-refractivity contribution is 0.215. The Kier molecular flexibility index (Phi) is 5.55. The van der Waals surface area contributed by atoms with Gasteiger partial charge in [-0.2, -0.15) is 0 Å². The Morgan fingerprint density at radius 3 is 2.14 bits per heavy atom. The van der Waals surface area contributed by atoms with Gasteiger partial charge in [0, 0.05) is 0 Å². The van der Waals surface area contributed by atoms with Gasteiger partial charge in [0.2, 0.25) is 0 Å². The fourth-order valence-electron chi connectivity index (χ4n) is 3.69. The highest BCUT2D eigenvalue weighted by Gasteiger charge is 2.27. The Morgan fingerprint density at radius 2 is 1.59 bits per heavy atom. The van der Waals surface area contributed by atoms with E-state index < -0.39 is 0 Å². The van der Waals surface area contributed by atoms with E-state index in [1.54, 1.807) is 0 Å². The number of hydrogen-bond acceptors (Lipinski definition) is 2. The van der Waals surface area contributed by atoms with Gasteiger partial charge in [-0.05, 0) is 66.8 Å². The molecule has 22 heavy (non-hydrogen) atoms. The predicted octanol–water partition coefficient (Wildman–Crippen LogP) is 4.78. The lowest BCUT2D eigenvalue weighted by Gasteiger charge is -2.33. The normalized spacial score (nSPS) is 17.5. The largest absolute Gasteiger partial charge is 0.493 e. The van der Waals surface area contributed by atoms with Crippen LogP contribution in [0.4, 0.5) is 0 Å². The topological polar surface area (TPSA) is 21.3 Å². The van der Waals surface area contributed by atoms with E-state index in [2.05, 4.69) is 64.2 Å². The van der Waals surface area contributed by atoms with Crippen LogP contribution in [0.2, 0.25) is 0 Å². The van der Waals surface area contributed by atoms with Crippen LogP contribution >= 0.6 is 0 Å². The maximum atomic E-state index is 5.99. The molecule has 1 saturated heterocycles. The Labute approximate surface area is 136 Å². The molecule has 0 saturated carbocycles. The predicted molar refractivity (Wildman–Crippen MR) is 94.6 cm³/mol. The number of piperidine rings is 1. The first-order chi connectivity index (χ1) is 10.3. The second-order valence-corrected chi connectivity index (χ2v) is 8.65. The molecule has 1 N–H and O–H groups in total. The van der Waals surface area contributed by atoms with Crippen molar-refractivity contribution in [2.24, 2.45) is 11.3 Å². The summed E-state index contributed by atoms with van der Waals surface area (Å²) in [4.78, 5) is 0. The summed E-state index contributed by atoms with van der Waals surface area (Å²) < 4.78 is 5.99. The number of benzene rings is 1. The Morgan fingerprint density at radius 1 is 1.00 bits per heavy atom. The fraction of sp³-hybridized carbons (Fsp3) is 0.700. The number of rotatable bonds is 5. The van der Waals surface area contributed by atoms with Crippen LogP contribution in [0.5, 0.6) is 5.75 Å². The quantitative estimate of drug-likeness (QED) is 0.845. The van der Waals surface area contributed by atoms with Crippen molar-refractivity contribution >= 4 is 0 Å². The molecule has 1 aliphatic rings. The van der Waals surface area contributed by atoms with Crippen molar-refractivity contribution in [3.8, 4) is 5.75 Å². The van der Waals surface area contributed by atoms with Crippen LogP contribution in [0, 0.1) is 11.3 Å². The van der Waals surface area contributed by atoms with Crippen molar-refractivity contribution in [2.45, 2.75) is 59.3 Å². The average molecular weight is 303 g/mol. The van der Waals surface area contributed by atoms with Gasteiger partial charge in [-0.15, -0.1) is 0 Å². The van der Waals surface area contributed by atoms with Gasteiger partial charge >= 0.3 is 0 Å². The highest BCUT2D eigenvalue weighted by atomic mass is 16.5. The van der Waals surface area contributed by atoms with Gasteiger partial charge in [-0.1, -0.05) is 46.8 Å². The van der Waals surface area contributed by atoms with Crippen LogP contribution in [0.1, 0.15) is 59.4 Å². The summed E-state index contributed by atoms with van der Waals surface area (Å²) in [6.07, 6.45) is 3.64. The van der Waals surface area contributed by atoms with Gasteiger partial charge in [0.05, 0.1) is 6.61 Å². The van der Waals surface area contributed by atoms with E-state index in [1.807, 2.05) is 0 Å². The van der Waals surface area contributed by atoms with Crippen molar-refractivity contribution < 1.29 is 4.74 Å². The molecule has 0 spiro atoms.